The number of ether oxygens (including phenoxy) is 1. The molecular formula is C25H26ClF2N7O2. The number of halogens is 3. The van der Waals surface area contributed by atoms with E-state index in [1.165, 1.54) is 18.2 Å². The molecule has 37 heavy (non-hydrogen) atoms. The van der Waals surface area contributed by atoms with Crippen LogP contribution in [0.25, 0.3) is 0 Å². The van der Waals surface area contributed by atoms with Gasteiger partial charge < -0.3 is 15.0 Å². The number of aromatic amines is 1. The summed E-state index contributed by atoms with van der Waals surface area (Å²) in [6, 6.07) is 8.77. The van der Waals surface area contributed by atoms with E-state index in [1.807, 2.05) is 13.8 Å². The number of rotatable bonds is 5. The third-order valence-corrected chi connectivity index (χ3v) is 7.09. The number of piperidine rings is 1. The first kappa shape index (κ1) is 24.9. The Morgan fingerprint density at radius 2 is 2.08 bits per heavy atom. The number of nitrogens with one attached hydrogen (secondary N) is 2. The van der Waals surface area contributed by atoms with Crippen LogP contribution < -0.4 is 5.32 Å². The summed E-state index contributed by atoms with van der Waals surface area (Å²) in [6.45, 7) is 5.96. The van der Waals surface area contributed by atoms with Crippen LogP contribution >= 0.6 is 11.6 Å². The second-order valence-corrected chi connectivity index (χ2v) is 9.72. The van der Waals surface area contributed by atoms with Crippen LogP contribution in [0, 0.1) is 18.6 Å². The van der Waals surface area contributed by atoms with Crippen molar-refractivity contribution >= 4 is 35.0 Å². The first-order valence-corrected chi connectivity index (χ1v) is 12.2. The van der Waals surface area contributed by atoms with Gasteiger partial charge in [-0.25, -0.2) is 18.8 Å². The van der Waals surface area contributed by atoms with Crippen LogP contribution in [0.5, 0.6) is 0 Å². The van der Waals surface area contributed by atoms with E-state index in [-0.39, 0.29) is 35.7 Å². The lowest BCUT2D eigenvalue weighted by Gasteiger charge is -2.48. The van der Waals surface area contributed by atoms with Crippen molar-refractivity contribution in [2.75, 3.05) is 18.6 Å². The molecule has 2 N–H and O–H groups in total. The molecule has 0 radical (unpaired) electrons. The Labute approximate surface area is 217 Å². The van der Waals surface area contributed by atoms with Crippen molar-refractivity contribution in [2.24, 2.45) is 5.10 Å². The van der Waals surface area contributed by atoms with Gasteiger partial charge in [0.15, 0.2) is 30.0 Å². The largest absolute Gasteiger partial charge is 0.457 e. The number of H-pyrrole nitrogens is 1. The molecule has 194 valence electrons. The van der Waals surface area contributed by atoms with Crippen LogP contribution in [0.15, 0.2) is 41.5 Å². The lowest BCUT2D eigenvalue weighted by atomic mass is 9.79. The molecule has 2 atom stereocenters. The van der Waals surface area contributed by atoms with Crippen molar-refractivity contribution in [2.45, 2.75) is 45.2 Å². The molecule has 1 amide bonds. The van der Waals surface area contributed by atoms with Gasteiger partial charge in [0.1, 0.15) is 5.54 Å². The van der Waals surface area contributed by atoms with Gasteiger partial charge in [-0.2, -0.15) is 5.10 Å². The zero-order valence-corrected chi connectivity index (χ0v) is 21.3. The topological polar surface area (TPSA) is 98.7 Å². The predicted octanol–water partition coefficient (Wildman–Crippen LogP) is 4.93. The summed E-state index contributed by atoms with van der Waals surface area (Å²) in [5, 5.41) is 16.1. The van der Waals surface area contributed by atoms with Crippen LogP contribution in [0.1, 0.15) is 48.4 Å². The Hall–Kier alpha value is -3.73. The highest BCUT2D eigenvalue weighted by Crippen LogP contribution is 2.43. The monoisotopic (exact) mass is 529 g/mol. The highest BCUT2D eigenvalue weighted by atomic mass is 35.5. The molecule has 0 saturated carbocycles. The number of aryl methyl sites for hydroxylation is 1. The number of amides is 1. The molecule has 2 aromatic heterocycles. The Morgan fingerprint density at radius 1 is 1.27 bits per heavy atom. The molecule has 4 heterocycles. The van der Waals surface area contributed by atoms with Gasteiger partial charge in [0.05, 0.1) is 16.3 Å². The number of pyridine rings is 1. The van der Waals surface area contributed by atoms with E-state index in [1.54, 1.807) is 35.0 Å². The number of carbonyl (C=O) groups is 1. The number of hydrazone groups is 1. The van der Waals surface area contributed by atoms with Gasteiger partial charge >= 0.3 is 0 Å². The van der Waals surface area contributed by atoms with Crippen LogP contribution in [0.2, 0.25) is 5.02 Å². The number of hydrogen-bond acceptors (Lipinski definition) is 7. The minimum absolute atomic E-state index is 0.0244. The number of nitrogens with zero attached hydrogens (tertiary/aromatic N) is 5. The van der Waals surface area contributed by atoms with Crippen molar-refractivity contribution in [3.8, 4) is 0 Å². The Balaban J connectivity index is 1.49. The summed E-state index contributed by atoms with van der Waals surface area (Å²) in [5.74, 6) is -0.757. The molecule has 0 spiro atoms. The Kier molecular flexibility index (Phi) is 6.49. The van der Waals surface area contributed by atoms with Gasteiger partial charge in [0, 0.05) is 31.3 Å². The number of likely N-dealkylation sites (tertiary alicyclic amines) is 1. The van der Waals surface area contributed by atoms with Crippen LogP contribution in [-0.4, -0.2) is 56.2 Å². The van der Waals surface area contributed by atoms with E-state index in [4.69, 9.17) is 16.3 Å². The summed E-state index contributed by atoms with van der Waals surface area (Å²) in [7, 11) is 0. The zero-order valence-electron chi connectivity index (χ0n) is 20.6. The molecule has 1 fully saturated rings. The van der Waals surface area contributed by atoms with E-state index >= 15 is 0 Å². The summed E-state index contributed by atoms with van der Waals surface area (Å²) in [6.07, 6.45) is 0.811. The molecule has 9 nitrogen and oxygen atoms in total. The predicted molar refractivity (Wildman–Crippen MR) is 135 cm³/mol. The Morgan fingerprint density at radius 3 is 2.76 bits per heavy atom. The van der Waals surface area contributed by atoms with Gasteiger partial charge in [-0.05, 0) is 51.0 Å². The first-order chi connectivity index (χ1) is 17.7. The third kappa shape index (κ3) is 4.59. The molecule has 0 bridgehead atoms. The number of aromatic nitrogens is 3. The molecule has 1 saturated heterocycles. The average molecular weight is 530 g/mol. The van der Waals surface area contributed by atoms with E-state index in [2.05, 4.69) is 25.6 Å². The first-order valence-electron chi connectivity index (χ1n) is 11.8. The summed E-state index contributed by atoms with van der Waals surface area (Å²) < 4.78 is 35.0. The molecular weight excluding hydrogens is 504 g/mol. The van der Waals surface area contributed by atoms with Gasteiger partial charge in [0.2, 0.25) is 5.90 Å². The minimum Gasteiger partial charge on any atom is -0.457 e. The quantitative estimate of drug-likeness (QED) is 0.486. The summed E-state index contributed by atoms with van der Waals surface area (Å²) in [4.78, 5) is 19.5. The van der Waals surface area contributed by atoms with Crippen molar-refractivity contribution in [3.63, 3.8) is 0 Å². The van der Waals surface area contributed by atoms with Crippen LogP contribution in [0.4, 0.5) is 20.4 Å². The number of anilines is 2. The van der Waals surface area contributed by atoms with Crippen LogP contribution in [-0.2, 0) is 10.3 Å². The Bertz CT molecular complexity index is 1380. The molecule has 3 aromatic rings. The highest BCUT2D eigenvalue weighted by molar-refractivity contribution is 6.31. The maximum atomic E-state index is 14.8. The van der Waals surface area contributed by atoms with E-state index < -0.39 is 23.1 Å². The van der Waals surface area contributed by atoms with E-state index in [0.717, 1.165) is 5.69 Å². The fourth-order valence-electron chi connectivity index (χ4n) is 4.95. The summed E-state index contributed by atoms with van der Waals surface area (Å²) in [5.41, 5.74) is 0.507. The number of benzene rings is 1. The standard InChI is InChI=1S/C25H26ClF2N7O2/c1-14-11-21(32-31-14)30-23-19(27)7-8-20(29-23)25(35-13-37-16(3)33-35)9-10-34(15(2)12-25)24(36)17-5-4-6-18(26)22(17)28/h4-8,11,15H,9-10,12-13H2,1-3H3,(H2,29,30,31,32). The lowest BCUT2D eigenvalue weighted by Crippen LogP contribution is -2.56. The van der Waals surface area contributed by atoms with Gasteiger partial charge in [-0.15, -0.1) is 5.10 Å². The minimum atomic E-state index is -0.799. The normalized spacial score (nSPS) is 21.6. The van der Waals surface area contributed by atoms with E-state index in [9.17, 15) is 13.6 Å². The van der Waals surface area contributed by atoms with Crippen molar-refractivity contribution in [1.82, 2.24) is 25.1 Å². The van der Waals surface area contributed by atoms with Crippen molar-refractivity contribution in [1.29, 1.82) is 0 Å². The molecule has 1 aromatic carbocycles. The van der Waals surface area contributed by atoms with Gasteiger partial charge in [-0.1, -0.05) is 17.7 Å². The molecule has 2 aliphatic heterocycles. The number of carbonyl (C=O) groups excluding carboxylic acids is 1. The smallest absolute Gasteiger partial charge is 0.257 e. The van der Waals surface area contributed by atoms with Gasteiger partial charge in [-0.3, -0.25) is 9.89 Å². The van der Waals surface area contributed by atoms with Gasteiger partial charge in [0.25, 0.3) is 5.91 Å². The molecule has 5 rings (SSSR count). The second kappa shape index (κ2) is 9.62. The fourth-order valence-corrected chi connectivity index (χ4v) is 5.12. The molecule has 12 heteroatoms. The SMILES string of the molecule is CC1=NN(C2(c3ccc(F)c(Nc4cc(C)[nH]n4)n3)CCN(C(=O)c3cccc(Cl)c3F)C(C)C2)CO1. The van der Waals surface area contributed by atoms with Crippen LogP contribution in [0.3, 0.4) is 0 Å². The molecule has 2 aliphatic rings. The average Bonchev–Trinajstić information content (AvgIpc) is 3.49. The maximum Gasteiger partial charge on any atom is 0.257 e. The molecule has 0 aliphatic carbocycles. The van der Waals surface area contributed by atoms with Crippen molar-refractivity contribution < 1.29 is 18.3 Å². The third-order valence-electron chi connectivity index (χ3n) is 6.80. The van der Waals surface area contributed by atoms with Crippen molar-refractivity contribution in [3.05, 3.63) is 70.0 Å². The highest BCUT2D eigenvalue weighted by Gasteiger charge is 2.48. The lowest BCUT2D eigenvalue weighted by molar-refractivity contribution is -0.0248. The maximum absolute atomic E-state index is 14.8. The second-order valence-electron chi connectivity index (χ2n) is 9.31. The number of hydrogen-bond donors (Lipinski definition) is 2. The zero-order chi connectivity index (χ0) is 26.3. The summed E-state index contributed by atoms with van der Waals surface area (Å²) >= 11 is 5.91. The fraction of sp³-hybridized carbons (Fsp3) is 0.360. The molecule has 2 unspecified atom stereocenters. The van der Waals surface area contributed by atoms with E-state index in [0.29, 0.717) is 30.3 Å².